The van der Waals surface area contributed by atoms with Gasteiger partial charge in [0.25, 0.3) is 0 Å². The van der Waals surface area contributed by atoms with Crippen LogP contribution >= 0.6 is 0 Å². The number of hydrogen-bond acceptors (Lipinski definition) is 4. The molecule has 0 aliphatic heterocycles. The first-order valence-corrected chi connectivity index (χ1v) is 9.00. The number of amides is 1. The third-order valence-electron chi connectivity index (χ3n) is 3.84. The van der Waals surface area contributed by atoms with Gasteiger partial charge < -0.3 is 15.2 Å². The molecule has 1 amide bonds. The molecule has 0 aliphatic rings. The monoisotopic (exact) mass is 369 g/mol. The maximum atomic E-state index is 12.4. The Morgan fingerprint density at radius 3 is 2.15 bits per heavy atom. The number of carbonyl (C=O) groups is 2. The van der Waals surface area contributed by atoms with Crippen LogP contribution in [0, 0.1) is 5.92 Å². The summed E-state index contributed by atoms with van der Waals surface area (Å²) in [5.41, 5.74) is 6.70. The quantitative estimate of drug-likeness (QED) is 0.721. The Balaban J connectivity index is 1.98. The fraction of sp³-hybridized carbons (Fsp3) is 0.364. The zero-order chi connectivity index (χ0) is 19.9. The molecule has 0 radical (unpaired) electrons. The van der Waals surface area contributed by atoms with E-state index in [0.717, 1.165) is 16.9 Å². The molecule has 1 unspecified atom stereocenters. The molecule has 5 nitrogen and oxygen atoms in total. The van der Waals surface area contributed by atoms with Crippen LogP contribution in [-0.4, -0.2) is 17.5 Å². The van der Waals surface area contributed by atoms with E-state index in [0.29, 0.717) is 13.0 Å². The van der Waals surface area contributed by atoms with Crippen LogP contribution in [0.3, 0.4) is 0 Å². The van der Waals surface area contributed by atoms with Crippen molar-refractivity contribution in [2.24, 2.45) is 11.7 Å². The highest BCUT2D eigenvalue weighted by molar-refractivity contribution is 5.82. The molecule has 0 aliphatic carbocycles. The van der Waals surface area contributed by atoms with E-state index in [1.807, 2.05) is 54.6 Å². The minimum absolute atomic E-state index is 0.0405. The van der Waals surface area contributed by atoms with Gasteiger partial charge in [0.1, 0.15) is 18.0 Å². The van der Waals surface area contributed by atoms with Crippen LogP contribution in [0.15, 0.2) is 54.6 Å². The number of rotatable bonds is 8. The van der Waals surface area contributed by atoms with Crippen molar-refractivity contribution in [3.8, 4) is 5.75 Å². The van der Waals surface area contributed by atoms with Crippen LogP contribution in [0.1, 0.15) is 38.3 Å². The molecule has 0 spiro atoms. The molecule has 0 aromatic heterocycles. The van der Waals surface area contributed by atoms with E-state index in [9.17, 15) is 9.59 Å². The number of nitrogens with two attached hydrogens (primary N) is 1. The maximum absolute atomic E-state index is 12.4. The van der Waals surface area contributed by atoms with Crippen LogP contribution < -0.4 is 10.5 Å². The number of ether oxygens (including phenoxy) is 2. The normalized spacial score (nSPS) is 12.3. The highest BCUT2D eigenvalue weighted by Gasteiger charge is 2.27. The molecule has 5 heteroatoms. The lowest BCUT2D eigenvalue weighted by atomic mass is 9.95. The maximum Gasteiger partial charge on any atom is 0.310 e. The highest BCUT2D eigenvalue weighted by atomic mass is 16.6. The smallest absolute Gasteiger partial charge is 0.310 e. The Morgan fingerprint density at radius 1 is 0.963 bits per heavy atom. The second kappa shape index (κ2) is 9.21. The number of benzene rings is 2. The van der Waals surface area contributed by atoms with Crippen molar-refractivity contribution in [2.45, 2.75) is 45.8 Å². The van der Waals surface area contributed by atoms with Crippen LogP contribution in [0.25, 0.3) is 0 Å². The summed E-state index contributed by atoms with van der Waals surface area (Å²) < 4.78 is 11.2. The largest absolute Gasteiger partial charge is 0.489 e. The van der Waals surface area contributed by atoms with Crippen molar-refractivity contribution in [1.29, 1.82) is 0 Å². The summed E-state index contributed by atoms with van der Waals surface area (Å²) >= 11 is 0. The average molecular weight is 369 g/mol. The first-order chi connectivity index (χ1) is 12.7. The van der Waals surface area contributed by atoms with E-state index >= 15 is 0 Å². The molecule has 1 atom stereocenters. The van der Waals surface area contributed by atoms with E-state index in [-0.39, 0.29) is 6.42 Å². The number of carbonyl (C=O) groups excluding carboxylic acids is 2. The zero-order valence-corrected chi connectivity index (χ0v) is 16.1. The lowest BCUT2D eigenvalue weighted by Crippen LogP contribution is -2.32. The molecule has 0 bridgehead atoms. The molecule has 144 valence electrons. The van der Waals surface area contributed by atoms with E-state index in [1.165, 1.54) is 0 Å². The molecular weight excluding hydrogens is 342 g/mol. The Bertz CT molecular complexity index is 748. The molecular formula is C22H27NO4. The lowest BCUT2D eigenvalue weighted by molar-refractivity contribution is -0.161. The predicted octanol–water partition coefficient (Wildman–Crippen LogP) is 3.64. The van der Waals surface area contributed by atoms with Crippen molar-refractivity contribution in [1.82, 2.24) is 0 Å². The summed E-state index contributed by atoms with van der Waals surface area (Å²) in [6.07, 6.45) is 0.345. The minimum Gasteiger partial charge on any atom is -0.489 e. The van der Waals surface area contributed by atoms with Gasteiger partial charge in [0.15, 0.2) is 0 Å². The van der Waals surface area contributed by atoms with Crippen LogP contribution in [0.4, 0.5) is 0 Å². The summed E-state index contributed by atoms with van der Waals surface area (Å²) in [6.45, 7) is 5.88. The Labute approximate surface area is 160 Å². The Morgan fingerprint density at radius 2 is 1.59 bits per heavy atom. The Hall–Kier alpha value is -2.82. The molecule has 0 fully saturated rings. The highest BCUT2D eigenvalue weighted by Crippen LogP contribution is 2.21. The van der Waals surface area contributed by atoms with Gasteiger partial charge in [-0.15, -0.1) is 0 Å². The van der Waals surface area contributed by atoms with Gasteiger partial charge in [-0.3, -0.25) is 9.59 Å². The number of primary amides is 1. The van der Waals surface area contributed by atoms with Crippen LogP contribution in [0.5, 0.6) is 5.75 Å². The number of esters is 1. The molecule has 2 aromatic rings. The van der Waals surface area contributed by atoms with E-state index < -0.39 is 23.4 Å². The second-order valence-electron chi connectivity index (χ2n) is 7.52. The van der Waals surface area contributed by atoms with Gasteiger partial charge in [-0.2, -0.15) is 0 Å². The summed E-state index contributed by atoms with van der Waals surface area (Å²) in [5.74, 6) is -0.788. The van der Waals surface area contributed by atoms with Crippen molar-refractivity contribution >= 4 is 11.9 Å². The first kappa shape index (κ1) is 20.5. The Kier molecular flexibility index (Phi) is 6.99. The van der Waals surface area contributed by atoms with E-state index in [2.05, 4.69) is 0 Å². The third kappa shape index (κ3) is 7.52. The standard InChI is InChI=1S/C22H27NO4/c1-22(2,3)27-21(25)18(14-20(23)24)13-16-9-11-19(12-10-16)26-15-17-7-5-4-6-8-17/h4-12,18H,13-15H2,1-3H3,(H2,23,24). The van der Waals surface area contributed by atoms with Gasteiger partial charge >= 0.3 is 5.97 Å². The van der Waals surface area contributed by atoms with E-state index in [4.69, 9.17) is 15.2 Å². The summed E-state index contributed by atoms with van der Waals surface area (Å²) in [6, 6.07) is 17.4. The van der Waals surface area contributed by atoms with Crippen LogP contribution in [0.2, 0.25) is 0 Å². The molecule has 0 saturated heterocycles. The molecule has 0 heterocycles. The SMILES string of the molecule is CC(C)(C)OC(=O)C(CC(N)=O)Cc1ccc(OCc2ccccc2)cc1. The summed E-state index contributed by atoms with van der Waals surface area (Å²) in [4.78, 5) is 23.7. The van der Waals surface area contributed by atoms with Gasteiger partial charge in [-0.1, -0.05) is 42.5 Å². The van der Waals surface area contributed by atoms with Crippen molar-refractivity contribution < 1.29 is 19.1 Å². The molecule has 27 heavy (non-hydrogen) atoms. The van der Waals surface area contributed by atoms with Gasteiger partial charge in [-0.25, -0.2) is 0 Å². The molecule has 2 N–H and O–H groups in total. The fourth-order valence-electron chi connectivity index (χ4n) is 2.61. The summed E-state index contributed by atoms with van der Waals surface area (Å²) in [5, 5.41) is 0. The molecule has 2 rings (SSSR count). The molecule has 0 saturated carbocycles. The fourth-order valence-corrected chi connectivity index (χ4v) is 2.61. The topological polar surface area (TPSA) is 78.6 Å². The van der Waals surface area contributed by atoms with E-state index in [1.54, 1.807) is 20.8 Å². The number of hydrogen-bond donors (Lipinski definition) is 1. The minimum atomic E-state index is -0.609. The van der Waals surface area contributed by atoms with Gasteiger partial charge in [0.05, 0.1) is 5.92 Å². The van der Waals surface area contributed by atoms with Gasteiger partial charge in [0.2, 0.25) is 5.91 Å². The van der Waals surface area contributed by atoms with Crippen molar-refractivity contribution in [3.63, 3.8) is 0 Å². The van der Waals surface area contributed by atoms with Gasteiger partial charge in [0, 0.05) is 6.42 Å². The van der Waals surface area contributed by atoms with Crippen molar-refractivity contribution in [2.75, 3.05) is 0 Å². The van der Waals surface area contributed by atoms with Crippen LogP contribution in [-0.2, 0) is 27.4 Å². The average Bonchev–Trinajstić information content (AvgIpc) is 2.59. The second-order valence-corrected chi connectivity index (χ2v) is 7.52. The zero-order valence-electron chi connectivity index (χ0n) is 16.1. The lowest BCUT2D eigenvalue weighted by Gasteiger charge is -2.23. The van der Waals surface area contributed by atoms with Gasteiger partial charge in [-0.05, 0) is 50.5 Å². The molecule has 2 aromatic carbocycles. The third-order valence-corrected chi connectivity index (χ3v) is 3.84. The first-order valence-electron chi connectivity index (χ1n) is 9.00. The predicted molar refractivity (Wildman–Crippen MR) is 104 cm³/mol. The summed E-state index contributed by atoms with van der Waals surface area (Å²) in [7, 11) is 0. The van der Waals surface area contributed by atoms with Crippen molar-refractivity contribution in [3.05, 3.63) is 65.7 Å².